The first-order valence-electron chi connectivity index (χ1n) is 4.90. The van der Waals surface area contributed by atoms with Gasteiger partial charge in [0.05, 0.1) is 10.7 Å². The predicted octanol–water partition coefficient (Wildman–Crippen LogP) is 2.81. The molecule has 0 heterocycles. The van der Waals surface area contributed by atoms with Gasteiger partial charge in [-0.3, -0.25) is 0 Å². The van der Waals surface area contributed by atoms with E-state index in [2.05, 4.69) is 19.2 Å². The Hall–Kier alpha value is -0.730. The van der Waals surface area contributed by atoms with Crippen molar-refractivity contribution >= 4 is 17.3 Å². The van der Waals surface area contributed by atoms with Crippen LogP contribution in [-0.4, -0.2) is 6.04 Å². The molecule has 1 aromatic carbocycles. The smallest absolute Gasteiger partial charge is 0.0635 e. The SMILES string of the molecule is CCC(C)NCc1ccc(Cl)c(N)c1. The first-order valence-corrected chi connectivity index (χ1v) is 5.28. The van der Waals surface area contributed by atoms with Gasteiger partial charge in [-0.05, 0) is 31.0 Å². The molecule has 0 fully saturated rings. The van der Waals surface area contributed by atoms with E-state index < -0.39 is 0 Å². The summed E-state index contributed by atoms with van der Waals surface area (Å²) < 4.78 is 0. The zero-order valence-electron chi connectivity index (χ0n) is 8.68. The Kier molecular flexibility index (Phi) is 4.23. The second-order valence-corrected chi connectivity index (χ2v) is 3.95. The van der Waals surface area contributed by atoms with Crippen LogP contribution >= 0.6 is 11.6 Å². The summed E-state index contributed by atoms with van der Waals surface area (Å²) in [5.74, 6) is 0. The Labute approximate surface area is 90.4 Å². The van der Waals surface area contributed by atoms with Gasteiger partial charge in [0, 0.05) is 12.6 Å². The minimum atomic E-state index is 0.534. The van der Waals surface area contributed by atoms with E-state index in [4.69, 9.17) is 17.3 Å². The van der Waals surface area contributed by atoms with Crippen molar-refractivity contribution in [1.82, 2.24) is 5.32 Å². The van der Waals surface area contributed by atoms with Crippen LogP contribution in [0.4, 0.5) is 5.69 Å². The summed E-state index contributed by atoms with van der Waals surface area (Å²) in [6.07, 6.45) is 1.13. The van der Waals surface area contributed by atoms with E-state index in [1.165, 1.54) is 5.56 Å². The van der Waals surface area contributed by atoms with Crippen LogP contribution in [0.2, 0.25) is 5.02 Å². The van der Waals surface area contributed by atoms with Gasteiger partial charge in [0.2, 0.25) is 0 Å². The Bertz CT molecular complexity index is 299. The molecule has 0 saturated carbocycles. The van der Waals surface area contributed by atoms with Crippen molar-refractivity contribution in [1.29, 1.82) is 0 Å². The average Bonchev–Trinajstić information content (AvgIpc) is 2.19. The third-order valence-corrected chi connectivity index (χ3v) is 2.67. The van der Waals surface area contributed by atoms with Crippen molar-refractivity contribution < 1.29 is 0 Å². The molecule has 0 aliphatic heterocycles. The fourth-order valence-corrected chi connectivity index (χ4v) is 1.26. The molecule has 78 valence electrons. The number of hydrogen-bond donors (Lipinski definition) is 2. The first kappa shape index (κ1) is 11.3. The molecule has 0 radical (unpaired) electrons. The van der Waals surface area contributed by atoms with Gasteiger partial charge >= 0.3 is 0 Å². The lowest BCUT2D eigenvalue weighted by Crippen LogP contribution is -2.24. The maximum absolute atomic E-state index is 5.83. The predicted molar refractivity (Wildman–Crippen MR) is 62.5 cm³/mol. The van der Waals surface area contributed by atoms with Gasteiger partial charge in [-0.2, -0.15) is 0 Å². The molecule has 1 atom stereocenters. The van der Waals surface area contributed by atoms with E-state index in [0.717, 1.165) is 13.0 Å². The number of nitrogen functional groups attached to an aromatic ring is 1. The van der Waals surface area contributed by atoms with Crippen molar-refractivity contribution in [2.45, 2.75) is 32.9 Å². The lowest BCUT2D eigenvalue weighted by atomic mass is 10.2. The highest BCUT2D eigenvalue weighted by Crippen LogP contribution is 2.19. The van der Waals surface area contributed by atoms with Crippen molar-refractivity contribution in [3.63, 3.8) is 0 Å². The maximum Gasteiger partial charge on any atom is 0.0635 e. The monoisotopic (exact) mass is 212 g/mol. The minimum absolute atomic E-state index is 0.534. The van der Waals surface area contributed by atoms with Gasteiger partial charge in [-0.25, -0.2) is 0 Å². The topological polar surface area (TPSA) is 38.0 Å². The van der Waals surface area contributed by atoms with E-state index in [9.17, 15) is 0 Å². The van der Waals surface area contributed by atoms with Gasteiger partial charge in [-0.1, -0.05) is 24.6 Å². The average molecular weight is 213 g/mol. The summed E-state index contributed by atoms with van der Waals surface area (Å²) in [6.45, 7) is 5.17. The zero-order chi connectivity index (χ0) is 10.6. The number of rotatable bonds is 4. The molecule has 3 N–H and O–H groups in total. The third-order valence-electron chi connectivity index (χ3n) is 2.33. The van der Waals surface area contributed by atoms with E-state index in [-0.39, 0.29) is 0 Å². The second kappa shape index (κ2) is 5.23. The van der Waals surface area contributed by atoms with Crippen LogP contribution in [0.1, 0.15) is 25.8 Å². The fourth-order valence-electron chi connectivity index (χ4n) is 1.14. The number of nitrogens with one attached hydrogen (secondary N) is 1. The Balaban J connectivity index is 2.55. The number of anilines is 1. The molecule has 0 aliphatic rings. The Morgan fingerprint density at radius 2 is 2.21 bits per heavy atom. The van der Waals surface area contributed by atoms with E-state index in [0.29, 0.717) is 16.8 Å². The molecule has 1 rings (SSSR count). The van der Waals surface area contributed by atoms with Gasteiger partial charge in [0.1, 0.15) is 0 Å². The van der Waals surface area contributed by atoms with Crippen molar-refractivity contribution in [2.24, 2.45) is 0 Å². The fraction of sp³-hybridized carbons (Fsp3) is 0.455. The lowest BCUT2D eigenvalue weighted by molar-refractivity contribution is 0.534. The maximum atomic E-state index is 5.83. The molecule has 0 amide bonds. The highest BCUT2D eigenvalue weighted by Gasteiger charge is 2.00. The summed E-state index contributed by atoms with van der Waals surface area (Å²) in [6, 6.07) is 6.28. The van der Waals surface area contributed by atoms with Gasteiger partial charge in [-0.15, -0.1) is 0 Å². The molecule has 2 nitrogen and oxygen atoms in total. The van der Waals surface area contributed by atoms with Crippen LogP contribution in [-0.2, 0) is 6.54 Å². The van der Waals surface area contributed by atoms with E-state index in [1.54, 1.807) is 0 Å². The highest BCUT2D eigenvalue weighted by molar-refractivity contribution is 6.33. The van der Waals surface area contributed by atoms with Gasteiger partial charge < -0.3 is 11.1 Å². The molecule has 1 unspecified atom stereocenters. The lowest BCUT2D eigenvalue weighted by Gasteiger charge is -2.11. The van der Waals surface area contributed by atoms with Crippen LogP contribution in [0.15, 0.2) is 18.2 Å². The Morgan fingerprint density at radius 1 is 1.50 bits per heavy atom. The molecule has 14 heavy (non-hydrogen) atoms. The van der Waals surface area contributed by atoms with Crippen molar-refractivity contribution in [3.8, 4) is 0 Å². The minimum Gasteiger partial charge on any atom is -0.398 e. The summed E-state index contributed by atoms with van der Waals surface area (Å²) in [4.78, 5) is 0. The zero-order valence-corrected chi connectivity index (χ0v) is 9.43. The van der Waals surface area contributed by atoms with Crippen LogP contribution in [0.25, 0.3) is 0 Å². The number of nitrogens with two attached hydrogens (primary N) is 1. The number of halogens is 1. The highest BCUT2D eigenvalue weighted by atomic mass is 35.5. The van der Waals surface area contributed by atoms with E-state index >= 15 is 0 Å². The molecule has 0 aliphatic carbocycles. The standard InChI is InChI=1S/C11H17ClN2/c1-3-8(2)14-7-9-4-5-10(12)11(13)6-9/h4-6,8,14H,3,7,13H2,1-2H3. The number of benzene rings is 1. The third kappa shape index (κ3) is 3.20. The van der Waals surface area contributed by atoms with Crippen LogP contribution in [0, 0.1) is 0 Å². The van der Waals surface area contributed by atoms with Crippen molar-refractivity contribution in [2.75, 3.05) is 5.73 Å². The molecule has 0 spiro atoms. The van der Waals surface area contributed by atoms with Gasteiger partial charge in [0.15, 0.2) is 0 Å². The summed E-state index contributed by atoms with van der Waals surface area (Å²) >= 11 is 5.83. The molecule has 0 aromatic heterocycles. The summed E-state index contributed by atoms with van der Waals surface area (Å²) in [5.41, 5.74) is 7.52. The normalized spacial score (nSPS) is 12.8. The van der Waals surface area contributed by atoms with Crippen molar-refractivity contribution in [3.05, 3.63) is 28.8 Å². The van der Waals surface area contributed by atoms with Gasteiger partial charge in [0.25, 0.3) is 0 Å². The van der Waals surface area contributed by atoms with E-state index in [1.807, 2.05) is 18.2 Å². The second-order valence-electron chi connectivity index (χ2n) is 3.55. The summed E-state index contributed by atoms with van der Waals surface area (Å²) in [7, 11) is 0. The largest absolute Gasteiger partial charge is 0.398 e. The molecule has 3 heteroatoms. The van der Waals surface area contributed by atoms with Crippen LogP contribution in [0.3, 0.4) is 0 Å². The molecular weight excluding hydrogens is 196 g/mol. The summed E-state index contributed by atoms with van der Waals surface area (Å²) in [5, 5.41) is 4.02. The quantitative estimate of drug-likeness (QED) is 0.754. The molecule has 1 aromatic rings. The Morgan fingerprint density at radius 3 is 2.79 bits per heavy atom. The van der Waals surface area contributed by atoms with Crippen LogP contribution in [0.5, 0.6) is 0 Å². The van der Waals surface area contributed by atoms with Crippen LogP contribution < -0.4 is 11.1 Å². The molecule has 0 bridgehead atoms. The first-order chi connectivity index (χ1) is 6.63. The number of hydrogen-bond acceptors (Lipinski definition) is 2. The molecule has 0 saturated heterocycles. The molecular formula is C11H17ClN2.